The van der Waals surface area contributed by atoms with Gasteiger partial charge in [0.25, 0.3) is 5.91 Å². The smallest absolute Gasteiger partial charge is 0.339 e. The van der Waals surface area contributed by atoms with Gasteiger partial charge in [0.2, 0.25) is 10.0 Å². The highest BCUT2D eigenvalue weighted by Crippen LogP contribution is 2.48. The molecule has 2 aliphatic rings. The molecule has 6 rings (SSSR count). The number of amides is 1. The van der Waals surface area contributed by atoms with Crippen LogP contribution >= 0.6 is 0 Å². The number of allylic oxidation sites excluding steroid dienone is 1. The number of carboxylic acids is 1. The Morgan fingerprint density at radius 2 is 1.84 bits per heavy atom. The maximum atomic E-state index is 13.3. The van der Waals surface area contributed by atoms with E-state index in [1.165, 1.54) is 18.2 Å². The third-order valence-electron chi connectivity index (χ3n) is 8.83. The van der Waals surface area contributed by atoms with Crippen LogP contribution in [-0.2, 0) is 23.6 Å². The number of nitrogens with zero attached hydrogens (tertiary/aromatic N) is 3. The number of rotatable bonds is 8. The summed E-state index contributed by atoms with van der Waals surface area (Å²) < 4.78 is 36.9. The Balaban J connectivity index is 1.61. The summed E-state index contributed by atoms with van der Waals surface area (Å²) in [5.74, 6) is -1.07. The summed E-state index contributed by atoms with van der Waals surface area (Å²) in [6.45, 7) is 3.88. The fourth-order valence-corrected chi connectivity index (χ4v) is 8.34. The number of carbonyl (C=O) groups excluding carboxylic acids is 1. The molecule has 1 aliphatic carbocycles. The Morgan fingerprint density at radius 1 is 1.09 bits per heavy atom. The van der Waals surface area contributed by atoms with E-state index in [4.69, 9.17) is 4.74 Å². The third kappa shape index (κ3) is 5.77. The van der Waals surface area contributed by atoms with E-state index in [2.05, 4.69) is 14.4 Å². The van der Waals surface area contributed by atoms with Gasteiger partial charge in [0.15, 0.2) is 0 Å². The van der Waals surface area contributed by atoms with Crippen molar-refractivity contribution in [1.82, 2.24) is 19.1 Å². The first-order valence-corrected chi connectivity index (χ1v) is 17.0. The number of aromatic nitrogens is 3. The Hall–Kier alpha value is -4.38. The first-order valence-electron chi connectivity index (χ1n) is 15.3. The number of methoxy groups -OCH3 is 1. The van der Waals surface area contributed by atoms with Gasteiger partial charge < -0.3 is 14.4 Å². The summed E-state index contributed by atoms with van der Waals surface area (Å²) in [6, 6.07) is 11.3. The first-order chi connectivity index (χ1) is 21.5. The SMILES string of the molecule is COc1ccc2c(c1)C=C(c1c(C(=O)O)cnn1C)Cn1c-2c(C2CCCCC2)c2ccc(C(=O)NS(=O)(=O)CC(C)C)cc21. The molecule has 236 valence electrons. The second kappa shape index (κ2) is 11.8. The largest absolute Gasteiger partial charge is 0.497 e. The van der Waals surface area contributed by atoms with Gasteiger partial charge in [-0.2, -0.15) is 5.10 Å². The molecule has 0 atom stereocenters. The van der Waals surface area contributed by atoms with Crippen molar-refractivity contribution in [2.75, 3.05) is 12.9 Å². The van der Waals surface area contributed by atoms with Crippen LogP contribution in [0.3, 0.4) is 0 Å². The summed E-state index contributed by atoms with van der Waals surface area (Å²) in [6.07, 6.45) is 8.88. The summed E-state index contributed by atoms with van der Waals surface area (Å²) in [4.78, 5) is 25.6. The second-order valence-corrected chi connectivity index (χ2v) is 14.2. The average Bonchev–Trinajstić information content (AvgIpc) is 3.48. The minimum atomic E-state index is -3.81. The minimum Gasteiger partial charge on any atom is -0.497 e. The number of carbonyl (C=O) groups is 2. The Bertz CT molecular complexity index is 1960. The molecule has 2 aromatic heterocycles. The lowest BCUT2D eigenvalue weighted by atomic mass is 9.81. The number of fused-ring (bicyclic) bond motifs is 5. The molecule has 2 N–H and O–H groups in total. The zero-order valence-corrected chi connectivity index (χ0v) is 26.8. The standard InChI is InChI=1S/C34H38N4O6S/c1-20(2)19-45(42,43)36-33(39)22-10-12-27-29(16-22)38-18-24(31-28(34(40)41)17-35-37(31)3)14-23-15-25(44-4)11-13-26(23)32(38)30(27)21-8-6-5-7-9-21/h10-17,20-21H,5-9,18-19H2,1-4H3,(H,36,39)(H,40,41). The second-order valence-electron chi connectivity index (χ2n) is 12.5. The molecule has 1 fully saturated rings. The molecule has 0 radical (unpaired) electrons. The van der Waals surface area contributed by atoms with Crippen LogP contribution in [0, 0.1) is 5.92 Å². The third-order valence-corrected chi connectivity index (χ3v) is 10.4. The Kier molecular flexibility index (Phi) is 8.07. The van der Waals surface area contributed by atoms with Gasteiger partial charge in [-0.3, -0.25) is 9.48 Å². The summed E-state index contributed by atoms with van der Waals surface area (Å²) in [5.41, 5.74) is 6.43. The van der Waals surface area contributed by atoms with Crippen LogP contribution in [0.5, 0.6) is 5.75 Å². The summed E-state index contributed by atoms with van der Waals surface area (Å²) in [7, 11) is -0.471. The highest BCUT2D eigenvalue weighted by molar-refractivity contribution is 7.90. The lowest BCUT2D eigenvalue weighted by molar-refractivity contribution is 0.0696. The van der Waals surface area contributed by atoms with E-state index in [1.54, 1.807) is 44.8 Å². The van der Waals surface area contributed by atoms with Gasteiger partial charge in [-0.25, -0.2) is 17.9 Å². The van der Waals surface area contributed by atoms with Gasteiger partial charge in [0, 0.05) is 29.1 Å². The number of hydrogen-bond acceptors (Lipinski definition) is 6. The molecule has 0 bridgehead atoms. The van der Waals surface area contributed by atoms with Crippen molar-refractivity contribution in [3.63, 3.8) is 0 Å². The van der Waals surface area contributed by atoms with Crippen LogP contribution in [0.1, 0.15) is 89.4 Å². The molecule has 10 nitrogen and oxygen atoms in total. The van der Waals surface area contributed by atoms with Crippen LogP contribution in [0.4, 0.5) is 0 Å². The summed E-state index contributed by atoms with van der Waals surface area (Å²) in [5, 5.41) is 15.3. The Morgan fingerprint density at radius 3 is 2.53 bits per heavy atom. The molecule has 3 heterocycles. The van der Waals surface area contributed by atoms with Gasteiger partial charge >= 0.3 is 5.97 Å². The average molecular weight is 631 g/mol. The van der Waals surface area contributed by atoms with Crippen LogP contribution in [0.2, 0.25) is 0 Å². The maximum absolute atomic E-state index is 13.3. The van der Waals surface area contributed by atoms with Crippen molar-refractivity contribution >= 4 is 44.5 Å². The van der Waals surface area contributed by atoms with Crippen molar-refractivity contribution < 1.29 is 27.9 Å². The van der Waals surface area contributed by atoms with Gasteiger partial charge in [0.05, 0.1) is 37.0 Å². The number of hydrogen-bond donors (Lipinski definition) is 2. The van der Waals surface area contributed by atoms with Crippen LogP contribution in [0.15, 0.2) is 42.6 Å². The van der Waals surface area contributed by atoms with Gasteiger partial charge in [-0.15, -0.1) is 0 Å². The molecular formula is C34H38N4O6S. The highest BCUT2D eigenvalue weighted by atomic mass is 32.2. The van der Waals surface area contributed by atoms with E-state index < -0.39 is 21.9 Å². The molecule has 0 spiro atoms. The van der Waals surface area contributed by atoms with E-state index in [0.717, 1.165) is 59.0 Å². The highest BCUT2D eigenvalue weighted by Gasteiger charge is 2.31. The minimum absolute atomic E-state index is 0.0936. The van der Waals surface area contributed by atoms with Crippen molar-refractivity contribution in [2.45, 2.75) is 58.4 Å². The predicted octanol–water partition coefficient (Wildman–Crippen LogP) is 6.07. The molecule has 2 aromatic carbocycles. The predicted molar refractivity (Wildman–Crippen MR) is 174 cm³/mol. The monoisotopic (exact) mass is 630 g/mol. The molecule has 0 unspecified atom stereocenters. The number of benzene rings is 2. The molecule has 0 saturated heterocycles. The van der Waals surface area contributed by atoms with E-state index in [-0.39, 0.29) is 22.8 Å². The fourth-order valence-electron chi connectivity index (χ4n) is 6.98. The summed E-state index contributed by atoms with van der Waals surface area (Å²) >= 11 is 0. The van der Waals surface area contributed by atoms with E-state index in [1.807, 2.05) is 30.3 Å². The number of ether oxygens (including phenoxy) is 1. The normalized spacial score (nSPS) is 15.4. The Labute approximate surface area is 262 Å². The topological polar surface area (TPSA) is 133 Å². The number of aryl methyl sites for hydroxylation is 1. The molecule has 45 heavy (non-hydrogen) atoms. The van der Waals surface area contributed by atoms with Gasteiger partial charge in [-0.05, 0) is 77.8 Å². The van der Waals surface area contributed by atoms with E-state index >= 15 is 0 Å². The molecule has 1 aliphatic heterocycles. The maximum Gasteiger partial charge on any atom is 0.339 e. The number of sulfonamides is 1. The van der Waals surface area contributed by atoms with Crippen LogP contribution in [-0.4, -0.2) is 52.6 Å². The van der Waals surface area contributed by atoms with Crippen LogP contribution < -0.4 is 9.46 Å². The van der Waals surface area contributed by atoms with Crippen molar-refractivity contribution in [2.24, 2.45) is 13.0 Å². The van der Waals surface area contributed by atoms with Gasteiger partial charge in [0.1, 0.15) is 11.3 Å². The lowest BCUT2D eigenvalue weighted by Gasteiger charge is -2.24. The van der Waals surface area contributed by atoms with Crippen molar-refractivity contribution in [1.29, 1.82) is 0 Å². The zero-order valence-electron chi connectivity index (χ0n) is 26.0. The molecule has 1 amide bonds. The number of nitrogens with one attached hydrogen (secondary N) is 1. The molecule has 11 heteroatoms. The zero-order chi connectivity index (χ0) is 32.0. The van der Waals surface area contributed by atoms with E-state index in [0.29, 0.717) is 23.9 Å². The van der Waals surface area contributed by atoms with Crippen molar-refractivity contribution in [3.8, 4) is 17.0 Å². The quantitative estimate of drug-likeness (QED) is 0.242. The number of aromatic carboxylic acids is 1. The molecule has 1 saturated carbocycles. The first kappa shape index (κ1) is 30.6. The molecule has 4 aromatic rings. The molecular weight excluding hydrogens is 592 g/mol. The van der Waals surface area contributed by atoms with Crippen LogP contribution in [0.25, 0.3) is 33.8 Å². The lowest BCUT2D eigenvalue weighted by Crippen LogP contribution is -2.33. The fraction of sp³-hybridized carbons (Fsp3) is 0.382. The number of carboxylic acid groups (broad SMARTS) is 1. The van der Waals surface area contributed by atoms with Crippen molar-refractivity contribution in [3.05, 3.63) is 70.5 Å². The van der Waals surface area contributed by atoms with Gasteiger partial charge in [-0.1, -0.05) is 39.2 Å². The van der Waals surface area contributed by atoms with E-state index in [9.17, 15) is 23.1 Å².